The summed E-state index contributed by atoms with van der Waals surface area (Å²) in [4.78, 5) is 21.3. The first kappa shape index (κ1) is 35.0. The Hall–Kier alpha value is -4.47. The summed E-state index contributed by atoms with van der Waals surface area (Å²) in [5.41, 5.74) is 6.55. The van der Waals surface area contributed by atoms with Crippen molar-refractivity contribution < 1.29 is 24.1 Å². The van der Waals surface area contributed by atoms with Crippen LogP contribution in [0.1, 0.15) is 54.8 Å². The van der Waals surface area contributed by atoms with Gasteiger partial charge >= 0.3 is 6.09 Å². The Morgan fingerprint density at radius 2 is 1.92 bits per heavy atom. The molecule has 7 rings (SSSR count). The lowest BCUT2D eigenvalue weighted by Crippen LogP contribution is -2.24. The summed E-state index contributed by atoms with van der Waals surface area (Å²) in [6.45, 7) is 8.62. The second-order valence-corrected chi connectivity index (χ2v) is 20.2. The largest absolute Gasteiger partial charge is 0.465 e. The van der Waals surface area contributed by atoms with E-state index in [0.717, 1.165) is 70.5 Å². The molecule has 0 radical (unpaired) electrons. The van der Waals surface area contributed by atoms with Gasteiger partial charge in [-0.2, -0.15) is 4.68 Å². The number of aromatic nitrogens is 7. The van der Waals surface area contributed by atoms with E-state index in [0.29, 0.717) is 37.1 Å². The molecule has 1 saturated heterocycles. The number of rotatable bonds is 12. The number of nitrogens with zero attached hydrogens (tertiary/aromatic N) is 7. The fourth-order valence-electron chi connectivity index (χ4n) is 6.63. The quantitative estimate of drug-likeness (QED) is 0.0963. The first-order chi connectivity index (χ1) is 24.6. The van der Waals surface area contributed by atoms with E-state index in [1.165, 1.54) is 0 Å². The van der Waals surface area contributed by atoms with Gasteiger partial charge in [0.05, 0.1) is 35.3 Å². The Morgan fingerprint density at radius 3 is 2.65 bits per heavy atom. The molecule has 3 aromatic heterocycles. The molecule has 1 amide bonds. The van der Waals surface area contributed by atoms with Crippen LogP contribution in [0, 0.1) is 0 Å². The van der Waals surface area contributed by atoms with Crippen LogP contribution in [0.15, 0.2) is 67.3 Å². The highest BCUT2D eigenvalue weighted by Gasteiger charge is 2.39. The number of imidazole rings is 1. The number of amides is 1. The SMILES string of the molecule is C[Si](C)(C)CCOCn1c(-c2ccc(NC(=O)O)cc2)cnc1C1CC(OC2CCCCO2)c2cc(-c3cc(Cl)ccc3-n3cnnn3)cnc21. The molecule has 0 spiro atoms. The molecule has 3 atom stereocenters. The molecule has 5 aromatic rings. The number of ether oxygens (including phenoxy) is 3. The van der Waals surface area contributed by atoms with Gasteiger partial charge in [0.1, 0.15) is 18.9 Å². The van der Waals surface area contributed by atoms with Crippen LogP contribution in [0.4, 0.5) is 10.5 Å². The third kappa shape index (κ3) is 8.05. The van der Waals surface area contributed by atoms with Gasteiger partial charge in [0.25, 0.3) is 0 Å². The van der Waals surface area contributed by atoms with Crippen LogP contribution < -0.4 is 5.32 Å². The maximum Gasteiger partial charge on any atom is 0.409 e. The molecule has 2 aliphatic rings. The summed E-state index contributed by atoms with van der Waals surface area (Å²) < 4.78 is 22.8. The Bertz CT molecular complexity index is 1980. The second kappa shape index (κ2) is 15.0. The molecule has 0 bridgehead atoms. The molecule has 1 aliphatic carbocycles. The number of halogens is 1. The van der Waals surface area contributed by atoms with Crippen LogP contribution in [0.3, 0.4) is 0 Å². The number of anilines is 1. The Balaban J connectivity index is 1.28. The maximum absolute atomic E-state index is 11.2. The number of tetrazole rings is 1. The highest BCUT2D eigenvalue weighted by Crippen LogP contribution is 2.47. The van der Waals surface area contributed by atoms with Crippen molar-refractivity contribution in [2.24, 2.45) is 0 Å². The van der Waals surface area contributed by atoms with Gasteiger partial charge in [0.15, 0.2) is 6.29 Å². The van der Waals surface area contributed by atoms with E-state index < -0.39 is 14.2 Å². The van der Waals surface area contributed by atoms with Crippen LogP contribution in [-0.4, -0.2) is 73.5 Å². The number of benzene rings is 2. The lowest BCUT2D eigenvalue weighted by Gasteiger charge is -2.26. The van der Waals surface area contributed by atoms with Crippen molar-refractivity contribution in [2.75, 3.05) is 18.5 Å². The molecule has 266 valence electrons. The van der Waals surface area contributed by atoms with Gasteiger partial charge < -0.3 is 23.9 Å². The number of pyridine rings is 1. The molecule has 2 aromatic carbocycles. The van der Waals surface area contributed by atoms with Gasteiger partial charge in [-0.1, -0.05) is 43.4 Å². The summed E-state index contributed by atoms with van der Waals surface area (Å²) in [5.74, 6) is 0.628. The third-order valence-electron chi connectivity index (χ3n) is 9.24. The standard InChI is InChI=1S/C36H41ClN8O5Si/c1-51(2,3)15-14-48-22-44-31(23-7-10-26(11-8-23)41-36(46)47)20-39-35(44)29-18-32(50-33-6-4-5-13-49-33)28-16-24(19-38-34(28)29)27-17-25(37)9-12-30(27)45-21-40-42-43-45/h7-12,16-17,19-21,29,32-33,41H,4-6,13-15,18,22H2,1-3H3,(H,46,47). The minimum Gasteiger partial charge on any atom is -0.465 e. The molecule has 0 saturated carbocycles. The van der Waals surface area contributed by atoms with Crippen LogP contribution in [0.25, 0.3) is 28.1 Å². The van der Waals surface area contributed by atoms with E-state index >= 15 is 0 Å². The average Bonchev–Trinajstić information content (AvgIpc) is 3.87. The third-order valence-corrected chi connectivity index (χ3v) is 11.2. The summed E-state index contributed by atoms with van der Waals surface area (Å²) in [7, 11) is -1.32. The fourth-order valence-corrected chi connectivity index (χ4v) is 7.56. The topological polar surface area (TPSA) is 151 Å². The van der Waals surface area contributed by atoms with Gasteiger partial charge in [-0.25, -0.2) is 9.78 Å². The molecule has 4 heterocycles. The number of fused-ring (bicyclic) bond motifs is 1. The second-order valence-electron chi connectivity index (χ2n) is 14.1. The van der Waals surface area contributed by atoms with Crippen molar-refractivity contribution in [3.8, 4) is 28.1 Å². The fraction of sp³-hybridized carbons (Fsp3) is 0.389. The van der Waals surface area contributed by atoms with E-state index in [-0.39, 0.29) is 18.3 Å². The summed E-state index contributed by atoms with van der Waals surface area (Å²) in [6.07, 6.45) is 7.08. The molecule has 2 N–H and O–H groups in total. The van der Waals surface area contributed by atoms with E-state index in [1.807, 2.05) is 42.7 Å². The van der Waals surface area contributed by atoms with E-state index in [2.05, 4.69) is 51.1 Å². The van der Waals surface area contributed by atoms with Crippen molar-refractivity contribution >= 4 is 31.5 Å². The maximum atomic E-state index is 11.2. The number of nitrogens with one attached hydrogen (secondary N) is 1. The zero-order valence-corrected chi connectivity index (χ0v) is 30.6. The zero-order valence-electron chi connectivity index (χ0n) is 28.8. The lowest BCUT2D eigenvalue weighted by molar-refractivity contribution is -0.189. The Kier molecular flexibility index (Phi) is 10.3. The average molecular weight is 729 g/mol. The normalized spacial score (nSPS) is 18.9. The van der Waals surface area contributed by atoms with Crippen molar-refractivity contribution in [2.45, 2.75) is 76.4 Å². The van der Waals surface area contributed by atoms with Gasteiger partial charge in [-0.3, -0.25) is 10.3 Å². The van der Waals surface area contributed by atoms with Crippen LogP contribution in [0.2, 0.25) is 30.7 Å². The number of carboxylic acid groups (broad SMARTS) is 1. The van der Waals surface area contributed by atoms with Gasteiger partial charge in [0.2, 0.25) is 0 Å². The van der Waals surface area contributed by atoms with E-state index in [9.17, 15) is 9.90 Å². The predicted octanol–water partition coefficient (Wildman–Crippen LogP) is 7.76. The lowest BCUT2D eigenvalue weighted by atomic mass is 10.0. The summed E-state index contributed by atoms with van der Waals surface area (Å²) in [6, 6.07) is 16.0. The highest BCUT2D eigenvalue weighted by atomic mass is 35.5. The molecule has 1 fully saturated rings. The zero-order chi connectivity index (χ0) is 35.5. The first-order valence-electron chi connectivity index (χ1n) is 17.2. The van der Waals surface area contributed by atoms with Crippen molar-refractivity contribution in [1.82, 2.24) is 34.7 Å². The van der Waals surface area contributed by atoms with Crippen molar-refractivity contribution in [3.05, 3.63) is 89.4 Å². The summed E-state index contributed by atoms with van der Waals surface area (Å²) in [5, 5.41) is 23.9. The smallest absolute Gasteiger partial charge is 0.409 e. The van der Waals surface area contributed by atoms with E-state index in [1.54, 1.807) is 23.1 Å². The number of hydrogen-bond donors (Lipinski definition) is 2. The van der Waals surface area contributed by atoms with Crippen LogP contribution in [-0.2, 0) is 20.9 Å². The van der Waals surface area contributed by atoms with Gasteiger partial charge in [0, 0.05) is 54.9 Å². The monoisotopic (exact) mass is 728 g/mol. The van der Waals surface area contributed by atoms with Gasteiger partial charge in [-0.15, -0.1) is 5.10 Å². The molecule has 51 heavy (non-hydrogen) atoms. The Labute approximate surface area is 301 Å². The van der Waals surface area contributed by atoms with E-state index in [4.69, 9.17) is 35.8 Å². The molecular formula is C36H41ClN8O5Si. The number of carbonyl (C=O) groups is 1. The molecule has 15 heteroatoms. The predicted molar refractivity (Wildman–Crippen MR) is 195 cm³/mol. The Morgan fingerprint density at radius 1 is 1.08 bits per heavy atom. The molecular weight excluding hydrogens is 688 g/mol. The molecule has 1 aliphatic heterocycles. The molecule has 3 unspecified atom stereocenters. The summed E-state index contributed by atoms with van der Waals surface area (Å²) >= 11 is 6.51. The molecule has 13 nitrogen and oxygen atoms in total. The minimum absolute atomic E-state index is 0.191. The van der Waals surface area contributed by atoms with Crippen molar-refractivity contribution in [1.29, 1.82) is 0 Å². The van der Waals surface area contributed by atoms with Crippen LogP contribution >= 0.6 is 11.6 Å². The first-order valence-corrected chi connectivity index (χ1v) is 21.3. The minimum atomic E-state index is -1.32. The number of hydrogen-bond acceptors (Lipinski definition) is 9. The van der Waals surface area contributed by atoms with Crippen LogP contribution in [0.5, 0.6) is 0 Å². The highest BCUT2D eigenvalue weighted by molar-refractivity contribution is 6.76. The van der Waals surface area contributed by atoms with Gasteiger partial charge in [-0.05, 0) is 84.1 Å². The van der Waals surface area contributed by atoms with Crippen molar-refractivity contribution in [3.63, 3.8) is 0 Å².